The molecule has 0 aromatic carbocycles. The van der Waals surface area contributed by atoms with E-state index in [1.165, 1.54) is 11.8 Å². The second kappa shape index (κ2) is 13.4. The number of anilines is 4. The lowest BCUT2D eigenvalue weighted by Crippen LogP contribution is -2.48. The smallest absolute Gasteiger partial charge is 0.224 e. The van der Waals surface area contributed by atoms with Crippen LogP contribution >= 0.6 is 35.8 Å². The van der Waals surface area contributed by atoms with Crippen LogP contribution in [-0.4, -0.2) is 62.3 Å². The number of halogens is 2. The Balaban J connectivity index is 0.00000405. The number of nitrogens with two attached hydrogens (primary N) is 2. The number of nitrogens with one attached hydrogen (secondary N) is 2. The minimum atomic E-state index is -0.404. The van der Waals surface area contributed by atoms with Crippen molar-refractivity contribution in [1.82, 2.24) is 24.9 Å². The van der Waals surface area contributed by atoms with E-state index in [0.29, 0.717) is 40.6 Å². The standard InChI is InChI=1S/C27H33ClN10O2S.ClH/c1-15(24(30)40)12-35-26-32-8-4-19(37-26)36-25-22(28)18(3-7-31-25)41-21-14-33-20(13-34-21)38-9-5-27(6-10-38)11-17(39)16(2)23(27)29;/h3-4,7-8,13-16,23H,5-6,9-12,29H2,1-2H3,(H2,30,40)(H2,31,32,35,36,37);1H/t15?,16-,23+;/m1./s1. The zero-order valence-corrected chi connectivity index (χ0v) is 25.7. The molecule has 1 saturated heterocycles. The van der Waals surface area contributed by atoms with Crippen LogP contribution in [0.1, 0.15) is 33.1 Å². The third-order valence-electron chi connectivity index (χ3n) is 8.00. The van der Waals surface area contributed by atoms with Crippen molar-refractivity contribution in [3.05, 3.63) is 41.9 Å². The quantitative estimate of drug-likeness (QED) is 0.269. The molecular weight excluding hydrogens is 599 g/mol. The van der Waals surface area contributed by atoms with E-state index in [1.54, 1.807) is 37.8 Å². The van der Waals surface area contributed by atoms with Gasteiger partial charge in [-0.15, -0.1) is 12.4 Å². The molecule has 5 rings (SSSR count). The SMILES string of the molecule is CC(CNc1nccc(Nc2nccc(Sc3cnc(N4CCC5(CC4)CC(=O)[C@@H](C)[C@@H]5N)cn3)c2Cl)n1)C(N)=O.Cl. The molecule has 1 aliphatic carbocycles. The number of hydrogen-bond donors (Lipinski definition) is 4. The molecule has 1 amide bonds. The van der Waals surface area contributed by atoms with Crippen molar-refractivity contribution in [1.29, 1.82) is 0 Å². The van der Waals surface area contributed by atoms with Crippen LogP contribution in [0.2, 0.25) is 5.02 Å². The van der Waals surface area contributed by atoms with Crippen molar-refractivity contribution in [2.45, 2.75) is 49.1 Å². The maximum Gasteiger partial charge on any atom is 0.224 e. The summed E-state index contributed by atoms with van der Waals surface area (Å²) in [5.74, 6) is 1.51. The normalized spacial score (nSPS) is 20.2. The van der Waals surface area contributed by atoms with Crippen molar-refractivity contribution >= 4 is 70.9 Å². The molecule has 2 aliphatic rings. The van der Waals surface area contributed by atoms with E-state index in [9.17, 15) is 9.59 Å². The Labute approximate surface area is 259 Å². The van der Waals surface area contributed by atoms with E-state index in [2.05, 4.69) is 40.5 Å². The number of Topliss-reactive ketones (excluding diaryl/α,β-unsaturated/α-hetero) is 1. The molecule has 1 spiro atoms. The Morgan fingerprint density at radius 1 is 1.19 bits per heavy atom. The number of ketones is 1. The highest BCUT2D eigenvalue weighted by Gasteiger charge is 2.50. The van der Waals surface area contributed by atoms with Gasteiger partial charge in [-0.1, -0.05) is 37.2 Å². The van der Waals surface area contributed by atoms with E-state index < -0.39 is 5.91 Å². The van der Waals surface area contributed by atoms with Gasteiger partial charge in [-0.05, 0) is 30.4 Å². The number of nitrogens with zero attached hydrogens (tertiary/aromatic N) is 6. The lowest BCUT2D eigenvalue weighted by atomic mass is 9.73. The summed E-state index contributed by atoms with van der Waals surface area (Å²) in [6.07, 6.45) is 9.07. The molecule has 3 aromatic heterocycles. The predicted molar refractivity (Wildman–Crippen MR) is 165 cm³/mol. The molecule has 12 nitrogen and oxygen atoms in total. The molecule has 42 heavy (non-hydrogen) atoms. The molecule has 4 heterocycles. The van der Waals surface area contributed by atoms with E-state index in [-0.39, 0.29) is 41.5 Å². The van der Waals surface area contributed by atoms with Crippen LogP contribution in [0.3, 0.4) is 0 Å². The van der Waals surface area contributed by atoms with E-state index >= 15 is 0 Å². The van der Waals surface area contributed by atoms with Gasteiger partial charge in [0.15, 0.2) is 5.82 Å². The zero-order valence-electron chi connectivity index (χ0n) is 23.3. The molecule has 3 aromatic rings. The number of aromatic nitrogens is 5. The maximum atomic E-state index is 12.3. The fraction of sp³-hybridized carbons (Fsp3) is 0.444. The summed E-state index contributed by atoms with van der Waals surface area (Å²) in [7, 11) is 0. The molecule has 6 N–H and O–H groups in total. The minimum Gasteiger partial charge on any atom is -0.369 e. The first-order valence-electron chi connectivity index (χ1n) is 13.5. The third kappa shape index (κ3) is 6.86. The highest BCUT2D eigenvalue weighted by Crippen LogP contribution is 2.46. The Morgan fingerprint density at radius 3 is 2.57 bits per heavy atom. The first-order chi connectivity index (χ1) is 19.6. The van der Waals surface area contributed by atoms with Gasteiger partial charge >= 0.3 is 0 Å². The predicted octanol–water partition coefficient (Wildman–Crippen LogP) is 3.69. The molecule has 2 fully saturated rings. The Hall–Kier alpha value is -3.26. The van der Waals surface area contributed by atoms with E-state index in [1.807, 2.05) is 13.0 Å². The highest BCUT2D eigenvalue weighted by atomic mass is 35.5. The van der Waals surface area contributed by atoms with Crippen LogP contribution in [0.4, 0.5) is 23.4 Å². The number of hydrogen-bond acceptors (Lipinski definition) is 12. The van der Waals surface area contributed by atoms with Crippen molar-refractivity contribution in [2.24, 2.45) is 28.7 Å². The number of carbonyl (C=O) groups excluding carboxylic acids is 2. The Morgan fingerprint density at radius 2 is 1.93 bits per heavy atom. The van der Waals surface area contributed by atoms with Gasteiger partial charge in [-0.2, -0.15) is 4.98 Å². The van der Waals surface area contributed by atoms with Crippen molar-refractivity contribution in [3.63, 3.8) is 0 Å². The summed E-state index contributed by atoms with van der Waals surface area (Å²) in [4.78, 5) is 48.7. The van der Waals surface area contributed by atoms with Gasteiger partial charge in [0.05, 0.1) is 23.3 Å². The number of pyridine rings is 1. The van der Waals surface area contributed by atoms with Crippen molar-refractivity contribution in [2.75, 3.05) is 35.2 Å². The largest absolute Gasteiger partial charge is 0.369 e. The van der Waals surface area contributed by atoms with Gasteiger partial charge in [-0.3, -0.25) is 9.59 Å². The first-order valence-corrected chi connectivity index (χ1v) is 14.7. The second-order valence-corrected chi connectivity index (χ2v) is 12.1. The fourth-order valence-electron chi connectivity index (χ4n) is 5.26. The lowest BCUT2D eigenvalue weighted by Gasteiger charge is -2.42. The zero-order chi connectivity index (χ0) is 29.1. The average molecular weight is 634 g/mol. The molecule has 0 radical (unpaired) electrons. The summed E-state index contributed by atoms with van der Waals surface area (Å²) < 4.78 is 0. The van der Waals surface area contributed by atoms with Gasteiger partial charge in [-0.25, -0.2) is 19.9 Å². The summed E-state index contributed by atoms with van der Waals surface area (Å²) in [6.45, 7) is 5.58. The number of piperidine rings is 1. The molecular formula is C27H34Cl2N10O2S. The molecule has 1 saturated carbocycles. The number of amides is 1. The second-order valence-electron chi connectivity index (χ2n) is 10.7. The van der Waals surface area contributed by atoms with Crippen LogP contribution < -0.4 is 27.0 Å². The van der Waals surface area contributed by atoms with Gasteiger partial charge in [0.25, 0.3) is 0 Å². The average Bonchev–Trinajstić information content (AvgIpc) is 3.17. The van der Waals surface area contributed by atoms with E-state index in [4.69, 9.17) is 23.1 Å². The van der Waals surface area contributed by atoms with Crippen LogP contribution in [0.5, 0.6) is 0 Å². The van der Waals surface area contributed by atoms with Gasteiger partial charge < -0.3 is 27.0 Å². The number of rotatable bonds is 9. The van der Waals surface area contributed by atoms with Crippen molar-refractivity contribution in [3.8, 4) is 0 Å². The Bertz CT molecular complexity index is 1420. The highest BCUT2D eigenvalue weighted by molar-refractivity contribution is 7.99. The van der Waals surface area contributed by atoms with Gasteiger partial charge in [0.2, 0.25) is 11.9 Å². The first kappa shape index (κ1) is 31.7. The fourth-order valence-corrected chi connectivity index (χ4v) is 6.28. The summed E-state index contributed by atoms with van der Waals surface area (Å²) >= 11 is 8.06. The number of carbonyl (C=O) groups is 2. The van der Waals surface area contributed by atoms with Gasteiger partial charge in [0, 0.05) is 55.3 Å². The molecule has 1 unspecified atom stereocenters. The minimum absolute atomic E-state index is 0. The summed E-state index contributed by atoms with van der Waals surface area (Å²) in [6, 6.07) is 3.42. The maximum absolute atomic E-state index is 12.3. The molecule has 0 bridgehead atoms. The van der Waals surface area contributed by atoms with E-state index in [0.717, 1.165) is 36.6 Å². The van der Waals surface area contributed by atoms with Gasteiger partial charge in [0.1, 0.15) is 22.4 Å². The molecule has 3 atom stereocenters. The van der Waals surface area contributed by atoms with Crippen LogP contribution in [0.15, 0.2) is 46.8 Å². The monoisotopic (exact) mass is 632 g/mol. The number of primary amides is 1. The summed E-state index contributed by atoms with van der Waals surface area (Å²) in [5, 5.41) is 7.22. The molecule has 1 aliphatic heterocycles. The van der Waals surface area contributed by atoms with Crippen molar-refractivity contribution < 1.29 is 9.59 Å². The Kier molecular flexibility index (Phi) is 10.1. The van der Waals surface area contributed by atoms with Crippen LogP contribution in [0, 0.1) is 17.3 Å². The van der Waals surface area contributed by atoms with Crippen LogP contribution in [-0.2, 0) is 9.59 Å². The lowest BCUT2D eigenvalue weighted by molar-refractivity contribution is -0.121. The molecule has 224 valence electrons. The van der Waals surface area contributed by atoms with Crippen LogP contribution in [0.25, 0.3) is 0 Å². The molecule has 15 heteroatoms. The summed E-state index contributed by atoms with van der Waals surface area (Å²) in [5.41, 5.74) is 11.7. The third-order valence-corrected chi connectivity index (χ3v) is 9.47. The topological polar surface area (TPSA) is 178 Å².